The molecular weight excluding hydrogens is 264 g/mol. The monoisotopic (exact) mass is 280 g/mol. The van der Waals surface area contributed by atoms with Gasteiger partial charge in [0.05, 0.1) is 5.52 Å². The highest BCUT2D eigenvalue weighted by molar-refractivity contribution is 5.91. The molecule has 0 saturated carbocycles. The van der Waals surface area contributed by atoms with Gasteiger partial charge in [0.1, 0.15) is 5.69 Å². The van der Waals surface area contributed by atoms with Gasteiger partial charge in [0.25, 0.3) is 5.56 Å². The molecule has 0 unspecified atom stereocenters. The van der Waals surface area contributed by atoms with E-state index >= 15 is 0 Å². The fraction of sp³-hybridized carbons (Fsp3) is 0.118. The molecule has 0 bridgehead atoms. The first-order valence-corrected chi connectivity index (χ1v) is 6.70. The molecule has 106 valence electrons. The minimum atomic E-state index is -0.234. The fourth-order valence-electron chi connectivity index (χ4n) is 2.55. The normalized spacial score (nSPS) is 10.8. The van der Waals surface area contributed by atoms with E-state index in [1.54, 1.807) is 23.6 Å². The quantitative estimate of drug-likeness (QED) is 0.785. The molecule has 2 aromatic carbocycles. The molecule has 1 heterocycles. The SMILES string of the molecule is CN(C)c1c(O)c2ccccc2n(-c2ccccc2)c1=O. The second-order valence-electron chi connectivity index (χ2n) is 5.08. The van der Waals surface area contributed by atoms with E-state index in [2.05, 4.69) is 0 Å². The van der Waals surface area contributed by atoms with Crippen LogP contribution < -0.4 is 10.5 Å². The van der Waals surface area contributed by atoms with E-state index in [1.807, 2.05) is 54.6 Å². The van der Waals surface area contributed by atoms with E-state index in [4.69, 9.17) is 0 Å². The van der Waals surface area contributed by atoms with Crippen molar-refractivity contribution in [3.8, 4) is 11.4 Å². The molecule has 0 atom stereocenters. The highest BCUT2D eigenvalue weighted by Crippen LogP contribution is 2.32. The molecule has 4 heteroatoms. The zero-order chi connectivity index (χ0) is 15.0. The van der Waals surface area contributed by atoms with Crippen LogP contribution in [0.1, 0.15) is 0 Å². The fourth-order valence-corrected chi connectivity index (χ4v) is 2.55. The number of nitrogens with zero attached hydrogens (tertiary/aromatic N) is 2. The average Bonchev–Trinajstić information content (AvgIpc) is 2.48. The Bertz CT molecular complexity index is 852. The smallest absolute Gasteiger partial charge is 0.282 e. The number of benzene rings is 2. The third kappa shape index (κ3) is 2.05. The van der Waals surface area contributed by atoms with E-state index in [9.17, 15) is 9.90 Å². The van der Waals surface area contributed by atoms with Crippen LogP contribution >= 0.6 is 0 Å². The zero-order valence-corrected chi connectivity index (χ0v) is 11.9. The minimum Gasteiger partial charge on any atom is -0.505 e. The number of aromatic hydroxyl groups is 1. The summed E-state index contributed by atoms with van der Waals surface area (Å²) in [4.78, 5) is 14.4. The van der Waals surface area contributed by atoms with Crippen LogP contribution in [0.5, 0.6) is 5.75 Å². The van der Waals surface area contributed by atoms with Crippen molar-refractivity contribution in [3.63, 3.8) is 0 Å². The lowest BCUT2D eigenvalue weighted by atomic mass is 10.1. The number of fused-ring (bicyclic) bond motifs is 1. The van der Waals surface area contributed by atoms with Gasteiger partial charge in [-0.2, -0.15) is 0 Å². The van der Waals surface area contributed by atoms with E-state index in [0.717, 1.165) is 5.69 Å². The van der Waals surface area contributed by atoms with Crippen LogP contribution in [0, 0.1) is 0 Å². The maximum Gasteiger partial charge on any atom is 0.282 e. The molecule has 3 aromatic rings. The predicted octanol–water partition coefficient (Wildman–Crippen LogP) is 2.76. The van der Waals surface area contributed by atoms with Crippen molar-refractivity contribution in [2.24, 2.45) is 0 Å². The number of para-hydroxylation sites is 2. The highest BCUT2D eigenvalue weighted by atomic mass is 16.3. The Hall–Kier alpha value is -2.75. The van der Waals surface area contributed by atoms with E-state index in [0.29, 0.717) is 10.9 Å². The van der Waals surface area contributed by atoms with Crippen LogP contribution in [0.3, 0.4) is 0 Å². The molecule has 0 aliphatic rings. The summed E-state index contributed by atoms with van der Waals surface area (Å²) in [5, 5.41) is 11.1. The van der Waals surface area contributed by atoms with Crippen molar-refractivity contribution in [3.05, 3.63) is 65.0 Å². The summed E-state index contributed by atoms with van der Waals surface area (Å²) in [5.41, 5.74) is 1.53. The Morgan fingerprint density at radius 1 is 0.952 bits per heavy atom. The highest BCUT2D eigenvalue weighted by Gasteiger charge is 2.18. The Morgan fingerprint density at radius 2 is 1.57 bits per heavy atom. The van der Waals surface area contributed by atoms with Gasteiger partial charge in [-0.25, -0.2) is 0 Å². The first kappa shape index (κ1) is 13.2. The molecule has 1 aromatic heterocycles. The first-order valence-electron chi connectivity index (χ1n) is 6.70. The van der Waals surface area contributed by atoms with Crippen LogP contribution in [-0.4, -0.2) is 23.8 Å². The van der Waals surface area contributed by atoms with E-state index in [1.165, 1.54) is 0 Å². The molecule has 21 heavy (non-hydrogen) atoms. The van der Waals surface area contributed by atoms with Gasteiger partial charge >= 0.3 is 0 Å². The second kappa shape index (κ2) is 4.98. The van der Waals surface area contributed by atoms with Crippen molar-refractivity contribution in [1.82, 2.24) is 4.57 Å². The number of rotatable bonds is 2. The van der Waals surface area contributed by atoms with Crippen molar-refractivity contribution in [1.29, 1.82) is 0 Å². The summed E-state index contributed by atoms with van der Waals surface area (Å²) in [6.07, 6.45) is 0. The lowest BCUT2D eigenvalue weighted by Crippen LogP contribution is -2.26. The maximum absolute atomic E-state index is 12.8. The maximum atomic E-state index is 12.8. The third-order valence-electron chi connectivity index (χ3n) is 3.49. The van der Waals surface area contributed by atoms with E-state index in [-0.39, 0.29) is 17.0 Å². The van der Waals surface area contributed by atoms with Crippen LogP contribution in [0.15, 0.2) is 59.4 Å². The topological polar surface area (TPSA) is 45.5 Å². The van der Waals surface area contributed by atoms with Crippen LogP contribution in [0.4, 0.5) is 5.69 Å². The van der Waals surface area contributed by atoms with Gasteiger partial charge in [-0.3, -0.25) is 9.36 Å². The summed E-state index contributed by atoms with van der Waals surface area (Å²) < 4.78 is 1.63. The van der Waals surface area contributed by atoms with Crippen molar-refractivity contribution in [2.45, 2.75) is 0 Å². The number of pyridine rings is 1. The number of aromatic nitrogens is 1. The number of anilines is 1. The molecule has 3 rings (SSSR count). The Morgan fingerprint density at radius 3 is 2.24 bits per heavy atom. The Kier molecular flexibility index (Phi) is 3.14. The van der Waals surface area contributed by atoms with Crippen LogP contribution in [0.25, 0.3) is 16.6 Å². The molecule has 0 spiro atoms. The van der Waals surface area contributed by atoms with Gasteiger partial charge < -0.3 is 10.0 Å². The second-order valence-corrected chi connectivity index (χ2v) is 5.08. The first-order chi connectivity index (χ1) is 10.1. The lowest BCUT2D eigenvalue weighted by Gasteiger charge is -2.19. The Labute approximate surface area is 122 Å². The summed E-state index contributed by atoms with van der Waals surface area (Å²) in [6.45, 7) is 0. The third-order valence-corrected chi connectivity index (χ3v) is 3.49. The molecule has 0 aliphatic carbocycles. The van der Waals surface area contributed by atoms with Crippen molar-refractivity contribution >= 4 is 16.6 Å². The van der Waals surface area contributed by atoms with Crippen LogP contribution in [-0.2, 0) is 0 Å². The van der Waals surface area contributed by atoms with Gasteiger partial charge in [0.15, 0.2) is 5.75 Å². The summed E-state index contributed by atoms with van der Waals surface area (Å²) in [5.74, 6) is 0.0211. The predicted molar refractivity (Wildman–Crippen MR) is 85.5 cm³/mol. The molecule has 0 radical (unpaired) electrons. The number of hydrogen-bond acceptors (Lipinski definition) is 3. The lowest BCUT2D eigenvalue weighted by molar-refractivity contribution is 0.480. The molecule has 0 amide bonds. The molecular formula is C17H16N2O2. The van der Waals surface area contributed by atoms with Gasteiger partial charge in [0, 0.05) is 25.2 Å². The zero-order valence-electron chi connectivity index (χ0n) is 11.9. The van der Waals surface area contributed by atoms with Crippen molar-refractivity contribution in [2.75, 3.05) is 19.0 Å². The molecule has 0 saturated heterocycles. The van der Waals surface area contributed by atoms with Crippen LogP contribution in [0.2, 0.25) is 0 Å². The van der Waals surface area contributed by atoms with Gasteiger partial charge in [-0.05, 0) is 24.3 Å². The summed E-state index contributed by atoms with van der Waals surface area (Å²) in [6, 6.07) is 16.8. The minimum absolute atomic E-state index is 0.0211. The molecule has 0 fully saturated rings. The average molecular weight is 280 g/mol. The Balaban J connectivity index is 2.52. The standard InChI is InChI=1S/C17H16N2O2/c1-18(2)15-16(20)13-10-6-7-11-14(13)19(17(15)21)12-8-4-3-5-9-12/h3-11,20H,1-2H3. The molecule has 4 nitrogen and oxygen atoms in total. The largest absolute Gasteiger partial charge is 0.505 e. The summed E-state index contributed by atoms with van der Waals surface area (Å²) in [7, 11) is 3.50. The van der Waals surface area contributed by atoms with Crippen molar-refractivity contribution < 1.29 is 5.11 Å². The van der Waals surface area contributed by atoms with Gasteiger partial charge in [-0.15, -0.1) is 0 Å². The summed E-state index contributed by atoms with van der Waals surface area (Å²) >= 11 is 0. The van der Waals surface area contributed by atoms with Gasteiger partial charge in [0.2, 0.25) is 0 Å². The number of hydrogen-bond donors (Lipinski definition) is 1. The molecule has 1 N–H and O–H groups in total. The van der Waals surface area contributed by atoms with E-state index < -0.39 is 0 Å². The van der Waals surface area contributed by atoms with Gasteiger partial charge in [-0.1, -0.05) is 30.3 Å². The molecule has 0 aliphatic heterocycles.